The number of nitrogens with zero attached hydrogens (tertiary/aromatic N) is 1. The van der Waals surface area contributed by atoms with E-state index in [0.717, 1.165) is 44.5 Å². The van der Waals surface area contributed by atoms with E-state index >= 15 is 0 Å². The SMILES string of the molecule is CCOC(=O)c1c[nH]c2c1-c1cc(-c3csc(CSc4ccccc4)n3)ccc1NC2. The van der Waals surface area contributed by atoms with Crippen molar-refractivity contribution in [2.24, 2.45) is 0 Å². The molecule has 5 rings (SSSR count). The number of aromatic nitrogens is 2. The molecule has 0 saturated heterocycles. The average Bonchev–Trinajstić information content (AvgIpc) is 3.46. The smallest absolute Gasteiger partial charge is 0.340 e. The number of hydrogen-bond donors (Lipinski definition) is 2. The van der Waals surface area contributed by atoms with E-state index in [2.05, 4.69) is 58.1 Å². The molecule has 0 aliphatic carbocycles. The molecule has 1 aliphatic heterocycles. The van der Waals surface area contributed by atoms with E-state index in [-0.39, 0.29) is 5.97 Å². The average molecular weight is 448 g/mol. The van der Waals surface area contributed by atoms with Crippen LogP contribution in [0.3, 0.4) is 0 Å². The molecule has 2 aromatic carbocycles. The van der Waals surface area contributed by atoms with E-state index < -0.39 is 0 Å². The Balaban J connectivity index is 1.43. The molecule has 31 heavy (non-hydrogen) atoms. The number of carbonyl (C=O) groups excluding carboxylic acids is 1. The van der Waals surface area contributed by atoms with Crippen LogP contribution >= 0.6 is 23.1 Å². The standard InChI is InChI=1S/C24H21N3O2S2/c1-2-29-24(28)18-11-25-20-12-26-19-9-8-15(10-17(19)23(18)20)21-13-31-22(27-21)14-30-16-6-4-3-5-7-16/h3-11,13,25-26H,2,12,14H2,1H3. The van der Waals surface area contributed by atoms with Crippen LogP contribution in [0.4, 0.5) is 5.69 Å². The predicted molar refractivity (Wildman–Crippen MR) is 127 cm³/mol. The largest absolute Gasteiger partial charge is 0.462 e. The van der Waals surface area contributed by atoms with Crippen molar-refractivity contribution in [2.75, 3.05) is 11.9 Å². The van der Waals surface area contributed by atoms with E-state index in [1.54, 1.807) is 29.3 Å². The molecule has 0 saturated carbocycles. The molecule has 2 N–H and O–H groups in total. The molecule has 0 spiro atoms. The lowest BCUT2D eigenvalue weighted by Crippen LogP contribution is -2.11. The Morgan fingerprint density at radius 1 is 1.23 bits per heavy atom. The molecule has 5 nitrogen and oxygen atoms in total. The van der Waals surface area contributed by atoms with Crippen molar-refractivity contribution < 1.29 is 9.53 Å². The summed E-state index contributed by atoms with van der Waals surface area (Å²) in [6.07, 6.45) is 1.74. The van der Waals surface area contributed by atoms with Crippen LogP contribution in [0.5, 0.6) is 0 Å². The number of aromatic amines is 1. The summed E-state index contributed by atoms with van der Waals surface area (Å²) in [6.45, 7) is 2.83. The Hall–Kier alpha value is -3.03. The number of ether oxygens (including phenoxy) is 1. The normalized spacial score (nSPS) is 12.0. The van der Waals surface area contributed by atoms with Crippen molar-refractivity contribution in [1.29, 1.82) is 0 Å². The Labute approximate surface area is 188 Å². The molecule has 0 unspecified atom stereocenters. The van der Waals surface area contributed by atoms with E-state index in [1.165, 1.54) is 4.90 Å². The van der Waals surface area contributed by atoms with Gasteiger partial charge in [0.05, 0.1) is 30.2 Å². The highest BCUT2D eigenvalue weighted by Gasteiger charge is 2.25. The van der Waals surface area contributed by atoms with Crippen molar-refractivity contribution in [3.8, 4) is 22.4 Å². The minimum absolute atomic E-state index is 0.299. The van der Waals surface area contributed by atoms with Gasteiger partial charge in [0, 0.05) is 44.5 Å². The Kier molecular flexibility index (Phi) is 5.53. The molecule has 1 aliphatic rings. The van der Waals surface area contributed by atoms with Gasteiger partial charge >= 0.3 is 5.97 Å². The summed E-state index contributed by atoms with van der Waals surface area (Å²) in [7, 11) is 0. The first-order chi connectivity index (χ1) is 15.2. The van der Waals surface area contributed by atoms with Crippen LogP contribution in [0, 0.1) is 0 Å². The van der Waals surface area contributed by atoms with Crippen molar-refractivity contribution in [1.82, 2.24) is 9.97 Å². The number of H-pyrrole nitrogens is 1. The van der Waals surface area contributed by atoms with E-state index in [9.17, 15) is 4.79 Å². The second-order valence-electron chi connectivity index (χ2n) is 7.12. The molecule has 7 heteroatoms. The Bertz CT molecular complexity index is 1230. The fraction of sp³-hybridized carbons (Fsp3) is 0.167. The number of benzene rings is 2. The van der Waals surface area contributed by atoms with Gasteiger partial charge in [-0.05, 0) is 31.2 Å². The van der Waals surface area contributed by atoms with E-state index in [4.69, 9.17) is 9.72 Å². The third-order valence-corrected chi connectivity index (χ3v) is 7.21. The number of fused-ring (bicyclic) bond motifs is 3. The van der Waals surface area contributed by atoms with Gasteiger partial charge in [0.1, 0.15) is 5.01 Å². The highest BCUT2D eigenvalue weighted by Crippen LogP contribution is 2.40. The van der Waals surface area contributed by atoms with Gasteiger partial charge in [0.25, 0.3) is 0 Å². The van der Waals surface area contributed by atoms with Gasteiger partial charge in [-0.3, -0.25) is 0 Å². The van der Waals surface area contributed by atoms with Gasteiger partial charge in [0.2, 0.25) is 0 Å². The summed E-state index contributed by atoms with van der Waals surface area (Å²) in [5, 5.41) is 6.61. The first-order valence-corrected chi connectivity index (χ1v) is 12.0. The maximum absolute atomic E-state index is 12.5. The topological polar surface area (TPSA) is 67.0 Å². The van der Waals surface area contributed by atoms with Gasteiger partial charge in [-0.15, -0.1) is 23.1 Å². The highest BCUT2D eigenvalue weighted by molar-refractivity contribution is 7.98. The van der Waals surface area contributed by atoms with Crippen molar-refractivity contribution in [3.05, 3.63) is 76.4 Å². The molecule has 3 heterocycles. The molecular weight excluding hydrogens is 426 g/mol. The third kappa shape index (κ3) is 3.98. The van der Waals surface area contributed by atoms with Gasteiger partial charge in [-0.2, -0.15) is 0 Å². The lowest BCUT2D eigenvalue weighted by atomic mass is 9.94. The first kappa shape index (κ1) is 19.9. The van der Waals surface area contributed by atoms with Crippen molar-refractivity contribution in [3.63, 3.8) is 0 Å². The molecule has 4 aromatic rings. The molecule has 156 valence electrons. The number of thiazole rings is 1. The van der Waals surface area contributed by atoms with Crippen LogP contribution in [-0.2, 0) is 17.0 Å². The molecule has 0 bridgehead atoms. The summed E-state index contributed by atoms with van der Waals surface area (Å²) >= 11 is 3.46. The molecule has 0 amide bonds. The molecule has 2 aromatic heterocycles. The lowest BCUT2D eigenvalue weighted by molar-refractivity contribution is 0.0527. The number of rotatable bonds is 6. The Morgan fingerprint density at radius 2 is 2.10 bits per heavy atom. The number of esters is 1. The van der Waals surface area contributed by atoms with E-state index in [0.29, 0.717) is 18.7 Å². The van der Waals surface area contributed by atoms with Crippen LogP contribution in [0.15, 0.2) is 65.0 Å². The molecular formula is C24H21N3O2S2. The maximum atomic E-state index is 12.5. The number of thioether (sulfide) groups is 1. The fourth-order valence-corrected chi connectivity index (χ4v) is 5.44. The zero-order valence-electron chi connectivity index (χ0n) is 17.0. The van der Waals surface area contributed by atoms with Crippen LogP contribution in [0.2, 0.25) is 0 Å². The van der Waals surface area contributed by atoms with Crippen LogP contribution < -0.4 is 5.32 Å². The van der Waals surface area contributed by atoms with Gasteiger partial charge < -0.3 is 15.0 Å². The van der Waals surface area contributed by atoms with Gasteiger partial charge in [0.15, 0.2) is 0 Å². The Morgan fingerprint density at radius 3 is 2.94 bits per heavy atom. The monoisotopic (exact) mass is 447 g/mol. The maximum Gasteiger partial charge on any atom is 0.340 e. The first-order valence-electron chi connectivity index (χ1n) is 10.1. The van der Waals surface area contributed by atoms with Gasteiger partial charge in [-0.25, -0.2) is 9.78 Å². The van der Waals surface area contributed by atoms with Crippen LogP contribution in [0.25, 0.3) is 22.4 Å². The minimum Gasteiger partial charge on any atom is -0.462 e. The third-order valence-electron chi connectivity index (χ3n) is 5.15. The predicted octanol–water partition coefficient (Wildman–Crippen LogP) is 6.20. The molecule has 0 radical (unpaired) electrons. The number of carbonyl (C=O) groups is 1. The zero-order chi connectivity index (χ0) is 21.2. The van der Waals surface area contributed by atoms with E-state index in [1.807, 2.05) is 13.0 Å². The number of anilines is 1. The number of nitrogens with one attached hydrogen (secondary N) is 2. The van der Waals surface area contributed by atoms with Gasteiger partial charge in [-0.1, -0.05) is 24.3 Å². The van der Waals surface area contributed by atoms with Crippen LogP contribution in [-0.4, -0.2) is 22.5 Å². The minimum atomic E-state index is -0.299. The van der Waals surface area contributed by atoms with Crippen molar-refractivity contribution in [2.45, 2.75) is 24.1 Å². The fourth-order valence-electron chi connectivity index (χ4n) is 3.70. The number of hydrogen-bond acceptors (Lipinski definition) is 6. The zero-order valence-corrected chi connectivity index (χ0v) is 18.6. The quantitative estimate of drug-likeness (QED) is 0.272. The van der Waals surface area contributed by atoms with Crippen LogP contribution in [0.1, 0.15) is 28.0 Å². The second-order valence-corrected chi connectivity index (χ2v) is 9.11. The van der Waals surface area contributed by atoms with Crippen molar-refractivity contribution >= 4 is 34.8 Å². The summed E-state index contributed by atoms with van der Waals surface area (Å²) in [5.41, 5.74) is 6.49. The summed E-state index contributed by atoms with van der Waals surface area (Å²) in [5.74, 6) is 0.544. The molecule has 0 atom stereocenters. The summed E-state index contributed by atoms with van der Waals surface area (Å²) < 4.78 is 5.26. The lowest BCUT2D eigenvalue weighted by Gasteiger charge is -2.20. The highest BCUT2D eigenvalue weighted by atomic mass is 32.2. The molecule has 0 fully saturated rings. The second kappa shape index (κ2) is 8.61. The summed E-state index contributed by atoms with van der Waals surface area (Å²) in [6, 6.07) is 16.6. The summed E-state index contributed by atoms with van der Waals surface area (Å²) in [4.78, 5) is 21.8.